The average molecular weight is 211 g/mol. The summed E-state index contributed by atoms with van der Waals surface area (Å²) in [6, 6.07) is 0.482. The van der Waals surface area contributed by atoms with Crippen molar-refractivity contribution < 1.29 is 4.79 Å². The number of hydrogen-bond acceptors (Lipinski definition) is 3. The number of amides is 1. The van der Waals surface area contributed by atoms with Crippen LogP contribution in [0.15, 0.2) is 0 Å². The van der Waals surface area contributed by atoms with Gasteiger partial charge < -0.3 is 16.0 Å². The Balaban J connectivity index is 1.51. The van der Waals surface area contributed by atoms with E-state index in [1.54, 1.807) is 0 Å². The first kappa shape index (κ1) is 10.9. The molecule has 2 aliphatic rings. The Morgan fingerprint density at radius 2 is 2.20 bits per heavy atom. The van der Waals surface area contributed by atoms with Crippen LogP contribution >= 0.6 is 0 Å². The van der Waals surface area contributed by atoms with Crippen LogP contribution in [0.4, 0.5) is 0 Å². The summed E-state index contributed by atoms with van der Waals surface area (Å²) in [4.78, 5) is 11.3. The molecule has 0 bridgehead atoms. The molecule has 0 aromatic heterocycles. The monoisotopic (exact) mass is 211 g/mol. The highest BCUT2D eigenvalue weighted by molar-refractivity contribution is 5.78. The minimum Gasteiger partial charge on any atom is -0.352 e. The van der Waals surface area contributed by atoms with Gasteiger partial charge in [0.1, 0.15) is 0 Å². The molecule has 1 aliphatic heterocycles. The van der Waals surface area contributed by atoms with E-state index in [1.165, 1.54) is 12.8 Å². The second-order valence-corrected chi connectivity index (χ2v) is 4.69. The Labute approximate surface area is 91.2 Å². The molecule has 4 heteroatoms. The first-order valence-electron chi connectivity index (χ1n) is 6.05. The van der Waals surface area contributed by atoms with Gasteiger partial charge in [0.2, 0.25) is 5.91 Å². The molecule has 4 nitrogen and oxygen atoms in total. The normalized spacial score (nSPS) is 26.3. The highest BCUT2D eigenvalue weighted by atomic mass is 16.2. The van der Waals surface area contributed by atoms with Crippen molar-refractivity contribution in [3.05, 3.63) is 0 Å². The molecule has 0 aromatic rings. The third-order valence-electron chi connectivity index (χ3n) is 3.06. The lowest BCUT2D eigenvalue weighted by Gasteiger charge is -2.22. The summed E-state index contributed by atoms with van der Waals surface area (Å²) in [5.74, 6) is 0.855. The van der Waals surface area contributed by atoms with E-state index >= 15 is 0 Å². The zero-order valence-electron chi connectivity index (χ0n) is 9.22. The number of piperidine rings is 1. The molecule has 2 fully saturated rings. The second-order valence-electron chi connectivity index (χ2n) is 4.69. The Hall–Kier alpha value is -0.610. The number of nitrogens with one attached hydrogen (secondary N) is 3. The summed E-state index contributed by atoms with van der Waals surface area (Å²) in [5.41, 5.74) is 0. The molecule has 1 aliphatic carbocycles. The Bertz CT molecular complexity index is 210. The van der Waals surface area contributed by atoms with Crippen molar-refractivity contribution in [3.63, 3.8) is 0 Å². The topological polar surface area (TPSA) is 53.2 Å². The van der Waals surface area contributed by atoms with E-state index in [0.717, 1.165) is 32.5 Å². The van der Waals surface area contributed by atoms with Gasteiger partial charge in [-0.25, -0.2) is 0 Å². The minimum atomic E-state index is 0.154. The van der Waals surface area contributed by atoms with Gasteiger partial charge in [0, 0.05) is 6.04 Å². The summed E-state index contributed by atoms with van der Waals surface area (Å²) in [5, 5.41) is 9.59. The van der Waals surface area contributed by atoms with Crippen LogP contribution in [0.5, 0.6) is 0 Å². The first-order valence-corrected chi connectivity index (χ1v) is 6.05. The van der Waals surface area contributed by atoms with Gasteiger partial charge in [-0.15, -0.1) is 0 Å². The maximum absolute atomic E-state index is 11.3. The van der Waals surface area contributed by atoms with Crippen LogP contribution < -0.4 is 16.0 Å². The molecule has 1 saturated carbocycles. The molecular formula is C11H21N3O. The van der Waals surface area contributed by atoms with Crippen molar-refractivity contribution in [1.29, 1.82) is 0 Å². The lowest BCUT2D eigenvalue weighted by atomic mass is 10.00. The Kier molecular flexibility index (Phi) is 3.97. The van der Waals surface area contributed by atoms with E-state index in [2.05, 4.69) is 16.0 Å². The summed E-state index contributed by atoms with van der Waals surface area (Å²) < 4.78 is 0. The lowest BCUT2D eigenvalue weighted by Crippen LogP contribution is -2.40. The molecule has 0 aromatic carbocycles. The van der Waals surface area contributed by atoms with Gasteiger partial charge in [0.05, 0.1) is 6.54 Å². The maximum atomic E-state index is 11.3. The Morgan fingerprint density at radius 3 is 2.87 bits per heavy atom. The molecule has 2 rings (SSSR count). The van der Waals surface area contributed by atoms with E-state index in [0.29, 0.717) is 18.5 Å². The van der Waals surface area contributed by atoms with Gasteiger partial charge in [-0.1, -0.05) is 0 Å². The van der Waals surface area contributed by atoms with E-state index in [1.807, 2.05) is 0 Å². The van der Waals surface area contributed by atoms with Crippen molar-refractivity contribution in [1.82, 2.24) is 16.0 Å². The molecule has 0 radical (unpaired) electrons. The largest absolute Gasteiger partial charge is 0.352 e. The van der Waals surface area contributed by atoms with Gasteiger partial charge in [0.25, 0.3) is 0 Å². The van der Waals surface area contributed by atoms with Crippen LogP contribution in [0.2, 0.25) is 0 Å². The molecule has 86 valence electrons. The number of rotatable bonds is 5. The predicted molar refractivity (Wildman–Crippen MR) is 59.6 cm³/mol. The predicted octanol–water partition coefficient (Wildman–Crippen LogP) is -0.146. The molecule has 1 saturated heterocycles. The minimum absolute atomic E-state index is 0.154. The average Bonchev–Trinajstić information content (AvgIpc) is 3.03. The molecule has 1 atom stereocenters. The molecule has 1 heterocycles. The lowest BCUT2D eigenvalue weighted by molar-refractivity contribution is -0.120. The van der Waals surface area contributed by atoms with Crippen molar-refractivity contribution in [3.8, 4) is 0 Å². The fourth-order valence-corrected chi connectivity index (χ4v) is 1.99. The molecule has 0 spiro atoms. The number of carbonyl (C=O) groups is 1. The smallest absolute Gasteiger partial charge is 0.234 e. The zero-order valence-corrected chi connectivity index (χ0v) is 9.22. The summed E-state index contributed by atoms with van der Waals surface area (Å²) in [7, 11) is 0. The fourth-order valence-electron chi connectivity index (χ4n) is 1.99. The highest BCUT2D eigenvalue weighted by Gasteiger charge is 2.22. The van der Waals surface area contributed by atoms with E-state index < -0.39 is 0 Å². The molecule has 15 heavy (non-hydrogen) atoms. The van der Waals surface area contributed by atoms with Gasteiger partial charge in [-0.3, -0.25) is 4.79 Å². The van der Waals surface area contributed by atoms with E-state index in [9.17, 15) is 4.79 Å². The standard InChI is InChI=1S/C11H21N3O/c15-11(14-10-3-4-10)8-13-7-9-2-1-5-12-6-9/h9-10,12-13H,1-8H2,(H,14,15). The van der Waals surface area contributed by atoms with Gasteiger partial charge in [-0.2, -0.15) is 0 Å². The SMILES string of the molecule is O=C(CNCC1CCCNC1)NC1CC1. The number of hydrogen-bond donors (Lipinski definition) is 3. The Morgan fingerprint density at radius 1 is 1.33 bits per heavy atom. The van der Waals surface area contributed by atoms with Crippen LogP contribution in [0.1, 0.15) is 25.7 Å². The van der Waals surface area contributed by atoms with Crippen LogP contribution in [0, 0.1) is 5.92 Å². The second kappa shape index (κ2) is 5.47. The van der Waals surface area contributed by atoms with Crippen LogP contribution in [-0.2, 0) is 4.79 Å². The molecular weight excluding hydrogens is 190 g/mol. The van der Waals surface area contributed by atoms with Gasteiger partial charge in [-0.05, 0) is 51.2 Å². The van der Waals surface area contributed by atoms with Crippen LogP contribution in [0.3, 0.4) is 0 Å². The maximum Gasteiger partial charge on any atom is 0.234 e. The highest BCUT2D eigenvalue weighted by Crippen LogP contribution is 2.18. The van der Waals surface area contributed by atoms with Crippen LogP contribution in [-0.4, -0.2) is 38.1 Å². The fraction of sp³-hybridized carbons (Fsp3) is 0.909. The van der Waals surface area contributed by atoms with Crippen molar-refractivity contribution in [2.75, 3.05) is 26.2 Å². The molecule has 1 unspecified atom stereocenters. The summed E-state index contributed by atoms with van der Waals surface area (Å²) >= 11 is 0. The third-order valence-corrected chi connectivity index (χ3v) is 3.06. The number of carbonyl (C=O) groups excluding carboxylic acids is 1. The summed E-state index contributed by atoms with van der Waals surface area (Å²) in [6.07, 6.45) is 4.88. The van der Waals surface area contributed by atoms with E-state index in [-0.39, 0.29) is 5.91 Å². The summed E-state index contributed by atoms with van der Waals surface area (Å²) in [6.45, 7) is 3.69. The van der Waals surface area contributed by atoms with Crippen molar-refractivity contribution >= 4 is 5.91 Å². The molecule has 3 N–H and O–H groups in total. The molecule has 1 amide bonds. The van der Waals surface area contributed by atoms with E-state index in [4.69, 9.17) is 0 Å². The first-order chi connectivity index (χ1) is 7.34. The van der Waals surface area contributed by atoms with Crippen molar-refractivity contribution in [2.45, 2.75) is 31.7 Å². The van der Waals surface area contributed by atoms with Crippen molar-refractivity contribution in [2.24, 2.45) is 5.92 Å². The quantitative estimate of drug-likeness (QED) is 0.593. The van der Waals surface area contributed by atoms with Crippen LogP contribution in [0.25, 0.3) is 0 Å². The van der Waals surface area contributed by atoms with Gasteiger partial charge >= 0.3 is 0 Å². The third kappa shape index (κ3) is 4.18. The zero-order chi connectivity index (χ0) is 10.5. The van der Waals surface area contributed by atoms with Gasteiger partial charge in [0.15, 0.2) is 0 Å².